The zero-order chi connectivity index (χ0) is 16.4. The number of benzene rings is 1. The number of fused-ring (bicyclic) bond motifs is 1. The first-order valence-electron chi connectivity index (χ1n) is 6.65. The second kappa shape index (κ2) is 6.13. The van der Waals surface area contributed by atoms with E-state index in [-0.39, 0.29) is 11.1 Å². The molecule has 0 fully saturated rings. The van der Waals surface area contributed by atoms with Crippen LogP contribution < -0.4 is 14.8 Å². The molecule has 3 rings (SSSR count). The van der Waals surface area contributed by atoms with Crippen LogP contribution in [0.5, 0.6) is 11.5 Å². The predicted octanol–water partition coefficient (Wildman–Crippen LogP) is 2.88. The average Bonchev–Trinajstić information content (AvgIpc) is 2.94. The molecule has 2 heterocycles. The van der Waals surface area contributed by atoms with E-state index in [1.807, 2.05) is 0 Å². The van der Waals surface area contributed by atoms with Gasteiger partial charge in [0.05, 0.1) is 25.3 Å². The number of methoxy groups -OCH3 is 2. The van der Waals surface area contributed by atoms with E-state index >= 15 is 0 Å². The summed E-state index contributed by atoms with van der Waals surface area (Å²) in [6.45, 7) is 0. The first-order valence-corrected chi connectivity index (χ1v) is 7.03. The number of pyridine rings is 1. The van der Waals surface area contributed by atoms with Crippen molar-refractivity contribution in [3.8, 4) is 11.5 Å². The Morgan fingerprint density at radius 1 is 1.22 bits per heavy atom. The quantitative estimate of drug-likeness (QED) is 0.717. The second-order valence-electron chi connectivity index (χ2n) is 4.63. The zero-order valence-electron chi connectivity index (χ0n) is 12.4. The van der Waals surface area contributed by atoms with Gasteiger partial charge in [-0.2, -0.15) is 0 Å². The molecule has 0 radical (unpaired) electrons. The van der Waals surface area contributed by atoms with Gasteiger partial charge in [-0.15, -0.1) is 0 Å². The number of anilines is 1. The number of carbonyl (C=O) groups excluding carboxylic acids is 1. The van der Waals surface area contributed by atoms with Crippen molar-refractivity contribution >= 4 is 34.5 Å². The minimum atomic E-state index is -0.340. The van der Waals surface area contributed by atoms with Gasteiger partial charge in [-0.1, -0.05) is 11.6 Å². The van der Waals surface area contributed by atoms with Gasteiger partial charge < -0.3 is 14.5 Å². The largest absolute Gasteiger partial charge is 0.493 e. The fraction of sp³-hybridized carbons (Fsp3) is 0.133. The number of halogens is 1. The molecule has 0 saturated heterocycles. The lowest BCUT2D eigenvalue weighted by molar-refractivity contribution is 0.102. The van der Waals surface area contributed by atoms with Gasteiger partial charge in [0.1, 0.15) is 5.15 Å². The standard InChI is InChI=1S/C15H13ClN4O3/c1-22-11-6-9-10(7-12(11)23-2)19-15(18-9)20-14(21)8-3-4-17-13(16)5-8/h3-7H,1-2H3,(H2,18,19,20,21). The van der Waals surface area contributed by atoms with Gasteiger partial charge in [0.2, 0.25) is 5.95 Å². The zero-order valence-corrected chi connectivity index (χ0v) is 13.1. The number of hydrogen-bond donors (Lipinski definition) is 2. The topological polar surface area (TPSA) is 89.1 Å². The van der Waals surface area contributed by atoms with E-state index < -0.39 is 0 Å². The number of aromatic nitrogens is 3. The summed E-state index contributed by atoms with van der Waals surface area (Å²) in [5.74, 6) is 1.10. The second-order valence-corrected chi connectivity index (χ2v) is 5.02. The van der Waals surface area contributed by atoms with Gasteiger partial charge in [-0.05, 0) is 12.1 Å². The van der Waals surface area contributed by atoms with Crippen molar-refractivity contribution in [2.45, 2.75) is 0 Å². The summed E-state index contributed by atoms with van der Waals surface area (Å²) in [6.07, 6.45) is 1.46. The van der Waals surface area contributed by atoms with Crippen molar-refractivity contribution < 1.29 is 14.3 Å². The first kappa shape index (κ1) is 15.1. The third-order valence-electron chi connectivity index (χ3n) is 3.21. The third kappa shape index (κ3) is 3.04. The van der Waals surface area contributed by atoms with Crippen LogP contribution in [0.2, 0.25) is 5.15 Å². The van der Waals surface area contributed by atoms with Crippen LogP contribution in [0.25, 0.3) is 11.0 Å². The Hall–Kier alpha value is -2.80. The van der Waals surface area contributed by atoms with Crippen LogP contribution in [0, 0.1) is 0 Å². The maximum atomic E-state index is 12.2. The van der Waals surface area contributed by atoms with Gasteiger partial charge in [0.15, 0.2) is 11.5 Å². The van der Waals surface area contributed by atoms with E-state index in [0.29, 0.717) is 34.0 Å². The fourth-order valence-corrected chi connectivity index (χ4v) is 2.29. The highest BCUT2D eigenvalue weighted by Crippen LogP contribution is 2.31. The number of nitrogens with one attached hydrogen (secondary N) is 2. The van der Waals surface area contributed by atoms with Crippen molar-refractivity contribution in [1.82, 2.24) is 15.0 Å². The Morgan fingerprint density at radius 3 is 2.65 bits per heavy atom. The lowest BCUT2D eigenvalue weighted by Crippen LogP contribution is -2.12. The summed E-state index contributed by atoms with van der Waals surface area (Å²) in [7, 11) is 3.10. The van der Waals surface area contributed by atoms with Crippen LogP contribution in [0.1, 0.15) is 10.4 Å². The molecular weight excluding hydrogens is 320 g/mol. The van der Waals surface area contributed by atoms with Gasteiger partial charge in [0, 0.05) is 23.9 Å². The molecule has 2 aromatic heterocycles. The van der Waals surface area contributed by atoms with Crippen LogP contribution in [0.3, 0.4) is 0 Å². The monoisotopic (exact) mass is 332 g/mol. The maximum Gasteiger partial charge on any atom is 0.258 e. The molecule has 8 heteroatoms. The molecule has 0 unspecified atom stereocenters. The third-order valence-corrected chi connectivity index (χ3v) is 3.41. The van der Waals surface area contributed by atoms with Crippen LogP contribution in [0.4, 0.5) is 5.95 Å². The van der Waals surface area contributed by atoms with Crippen molar-refractivity contribution in [3.05, 3.63) is 41.2 Å². The van der Waals surface area contributed by atoms with Crippen LogP contribution in [-0.4, -0.2) is 35.1 Å². The van der Waals surface area contributed by atoms with E-state index in [1.165, 1.54) is 12.3 Å². The van der Waals surface area contributed by atoms with E-state index in [0.717, 1.165) is 0 Å². The number of rotatable bonds is 4. The molecular formula is C15H13ClN4O3. The molecule has 0 atom stereocenters. The van der Waals surface area contributed by atoms with E-state index in [9.17, 15) is 4.79 Å². The number of H-pyrrole nitrogens is 1. The van der Waals surface area contributed by atoms with Crippen molar-refractivity contribution in [2.75, 3.05) is 19.5 Å². The minimum Gasteiger partial charge on any atom is -0.493 e. The van der Waals surface area contributed by atoms with Crippen molar-refractivity contribution in [3.63, 3.8) is 0 Å². The molecule has 7 nitrogen and oxygen atoms in total. The minimum absolute atomic E-state index is 0.247. The van der Waals surface area contributed by atoms with Crippen LogP contribution in [-0.2, 0) is 0 Å². The average molecular weight is 333 g/mol. The number of amides is 1. The van der Waals surface area contributed by atoms with Gasteiger partial charge in [0.25, 0.3) is 5.91 Å². The summed E-state index contributed by atoms with van der Waals surface area (Å²) in [6, 6.07) is 6.52. The smallest absolute Gasteiger partial charge is 0.258 e. The molecule has 2 N–H and O–H groups in total. The summed E-state index contributed by atoms with van der Waals surface area (Å²) in [5.41, 5.74) is 1.75. The van der Waals surface area contributed by atoms with Gasteiger partial charge in [-0.25, -0.2) is 9.97 Å². The Labute approximate surface area is 136 Å². The Kier molecular flexibility index (Phi) is 4.03. The van der Waals surface area contributed by atoms with Crippen LogP contribution in [0.15, 0.2) is 30.5 Å². The molecule has 1 aromatic carbocycles. The highest BCUT2D eigenvalue weighted by molar-refractivity contribution is 6.29. The molecule has 0 saturated carbocycles. The molecule has 3 aromatic rings. The highest BCUT2D eigenvalue weighted by atomic mass is 35.5. The number of carbonyl (C=O) groups is 1. The number of imidazole rings is 1. The molecule has 1 amide bonds. The normalized spacial score (nSPS) is 10.6. The van der Waals surface area contributed by atoms with E-state index in [4.69, 9.17) is 21.1 Å². The first-order chi connectivity index (χ1) is 11.1. The van der Waals surface area contributed by atoms with Crippen molar-refractivity contribution in [1.29, 1.82) is 0 Å². The summed E-state index contributed by atoms with van der Waals surface area (Å²) >= 11 is 5.78. The summed E-state index contributed by atoms with van der Waals surface area (Å²) < 4.78 is 10.5. The van der Waals surface area contributed by atoms with Crippen LogP contribution >= 0.6 is 11.6 Å². The van der Waals surface area contributed by atoms with Gasteiger partial charge >= 0.3 is 0 Å². The summed E-state index contributed by atoms with van der Waals surface area (Å²) in [5, 5.41) is 2.92. The Bertz CT molecular complexity index is 837. The fourth-order valence-electron chi connectivity index (χ4n) is 2.12. The number of hydrogen-bond acceptors (Lipinski definition) is 5. The Balaban J connectivity index is 1.90. The van der Waals surface area contributed by atoms with E-state index in [1.54, 1.807) is 32.4 Å². The molecule has 0 spiro atoms. The predicted molar refractivity (Wildman–Crippen MR) is 86.4 cm³/mol. The summed E-state index contributed by atoms with van der Waals surface area (Å²) in [4.78, 5) is 23.3. The molecule has 0 aliphatic rings. The van der Waals surface area contributed by atoms with Crippen molar-refractivity contribution in [2.24, 2.45) is 0 Å². The highest BCUT2D eigenvalue weighted by Gasteiger charge is 2.13. The Morgan fingerprint density at radius 2 is 1.96 bits per heavy atom. The number of nitrogens with zero attached hydrogens (tertiary/aromatic N) is 2. The lowest BCUT2D eigenvalue weighted by Gasteiger charge is -2.06. The lowest BCUT2D eigenvalue weighted by atomic mass is 10.2. The maximum absolute atomic E-state index is 12.2. The molecule has 118 valence electrons. The number of aromatic amines is 1. The SMILES string of the molecule is COc1cc2nc(NC(=O)c3ccnc(Cl)c3)[nH]c2cc1OC. The van der Waals surface area contributed by atoms with E-state index in [2.05, 4.69) is 20.3 Å². The molecule has 0 aliphatic heterocycles. The molecule has 0 bridgehead atoms. The molecule has 0 aliphatic carbocycles. The van der Waals surface area contributed by atoms with Gasteiger partial charge in [-0.3, -0.25) is 10.1 Å². The molecule has 23 heavy (non-hydrogen) atoms. The number of ether oxygens (including phenoxy) is 2.